The summed E-state index contributed by atoms with van der Waals surface area (Å²) in [7, 11) is 0. The first-order chi connectivity index (χ1) is 8.58. The average molecular weight is 309 g/mol. The van der Waals surface area contributed by atoms with Gasteiger partial charge in [0.25, 0.3) is 0 Å². The SMILES string of the molecule is Cc1ncccc1NC(C)c1ccc(F)c(Br)c1. The monoisotopic (exact) mass is 308 g/mol. The van der Waals surface area contributed by atoms with Crippen LogP contribution in [0.5, 0.6) is 0 Å². The number of aryl methyl sites for hydroxylation is 1. The highest BCUT2D eigenvalue weighted by atomic mass is 79.9. The molecule has 0 saturated heterocycles. The van der Waals surface area contributed by atoms with Gasteiger partial charge in [-0.1, -0.05) is 6.07 Å². The van der Waals surface area contributed by atoms with E-state index in [-0.39, 0.29) is 11.9 Å². The summed E-state index contributed by atoms with van der Waals surface area (Å²) in [5, 5.41) is 3.37. The fraction of sp³-hybridized carbons (Fsp3) is 0.214. The third-order valence-electron chi connectivity index (χ3n) is 2.82. The van der Waals surface area contributed by atoms with Gasteiger partial charge < -0.3 is 5.32 Å². The number of hydrogen-bond acceptors (Lipinski definition) is 2. The normalized spacial score (nSPS) is 12.2. The second kappa shape index (κ2) is 5.48. The Kier molecular flexibility index (Phi) is 3.97. The molecule has 1 N–H and O–H groups in total. The second-order valence-corrected chi connectivity index (χ2v) is 5.03. The van der Waals surface area contributed by atoms with Gasteiger partial charge >= 0.3 is 0 Å². The third kappa shape index (κ3) is 2.88. The quantitative estimate of drug-likeness (QED) is 0.905. The minimum atomic E-state index is -0.247. The highest BCUT2D eigenvalue weighted by Gasteiger charge is 2.09. The van der Waals surface area contributed by atoms with Crippen LogP contribution in [0.15, 0.2) is 41.0 Å². The van der Waals surface area contributed by atoms with Crippen LogP contribution in [0.1, 0.15) is 24.2 Å². The number of pyridine rings is 1. The van der Waals surface area contributed by atoms with Crippen molar-refractivity contribution in [3.63, 3.8) is 0 Å². The van der Waals surface area contributed by atoms with E-state index in [9.17, 15) is 4.39 Å². The molecule has 2 nitrogen and oxygen atoms in total. The van der Waals surface area contributed by atoms with Gasteiger partial charge in [0.15, 0.2) is 0 Å². The van der Waals surface area contributed by atoms with E-state index in [2.05, 4.69) is 26.2 Å². The number of anilines is 1. The zero-order valence-corrected chi connectivity index (χ0v) is 11.8. The van der Waals surface area contributed by atoms with Crippen LogP contribution in [0.25, 0.3) is 0 Å². The predicted molar refractivity (Wildman–Crippen MR) is 75.1 cm³/mol. The molecular weight excluding hydrogens is 295 g/mol. The van der Waals surface area contributed by atoms with Gasteiger partial charge in [-0.25, -0.2) is 4.39 Å². The summed E-state index contributed by atoms with van der Waals surface area (Å²) in [6.07, 6.45) is 1.76. The van der Waals surface area contributed by atoms with Gasteiger partial charge in [-0.05, 0) is 59.6 Å². The standard InChI is InChI=1S/C14H14BrFN2/c1-9(11-5-6-13(16)12(15)8-11)18-14-4-3-7-17-10(14)2/h3-9,18H,1-2H3. The van der Waals surface area contributed by atoms with Crippen molar-refractivity contribution in [1.82, 2.24) is 4.98 Å². The van der Waals surface area contributed by atoms with Crippen molar-refractivity contribution in [3.05, 3.63) is 58.1 Å². The fourth-order valence-corrected chi connectivity index (χ4v) is 2.13. The van der Waals surface area contributed by atoms with Crippen LogP contribution in [0, 0.1) is 12.7 Å². The number of aromatic nitrogens is 1. The Balaban J connectivity index is 2.19. The Morgan fingerprint density at radius 2 is 2.11 bits per heavy atom. The van der Waals surface area contributed by atoms with E-state index >= 15 is 0 Å². The molecule has 0 aliphatic heterocycles. The molecule has 2 aromatic rings. The van der Waals surface area contributed by atoms with E-state index < -0.39 is 0 Å². The van der Waals surface area contributed by atoms with Crippen molar-refractivity contribution >= 4 is 21.6 Å². The molecule has 4 heteroatoms. The zero-order valence-electron chi connectivity index (χ0n) is 10.2. The van der Waals surface area contributed by atoms with Gasteiger partial charge in [-0.15, -0.1) is 0 Å². The maximum absolute atomic E-state index is 13.2. The molecule has 0 amide bonds. The number of nitrogens with zero attached hydrogens (tertiary/aromatic N) is 1. The van der Waals surface area contributed by atoms with Gasteiger partial charge in [0, 0.05) is 12.2 Å². The Labute approximate surface area is 114 Å². The molecule has 2 rings (SSSR count). The molecule has 0 saturated carbocycles. The predicted octanol–water partition coefficient (Wildman–Crippen LogP) is 4.46. The summed E-state index contributed by atoms with van der Waals surface area (Å²) in [5.41, 5.74) is 2.96. The zero-order chi connectivity index (χ0) is 13.1. The lowest BCUT2D eigenvalue weighted by atomic mass is 10.1. The number of hydrogen-bond donors (Lipinski definition) is 1. The van der Waals surface area contributed by atoms with Crippen molar-refractivity contribution in [2.24, 2.45) is 0 Å². The van der Waals surface area contributed by atoms with Crippen molar-refractivity contribution in [2.75, 3.05) is 5.32 Å². The van der Waals surface area contributed by atoms with Crippen LogP contribution >= 0.6 is 15.9 Å². The van der Waals surface area contributed by atoms with Crippen LogP contribution in [0.3, 0.4) is 0 Å². The smallest absolute Gasteiger partial charge is 0.137 e. The molecule has 1 heterocycles. The van der Waals surface area contributed by atoms with Crippen LogP contribution in [0.2, 0.25) is 0 Å². The number of benzene rings is 1. The average Bonchev–Trinajstić information content (AvgIpc) is 2.35. The second-order valence-electron chi connectivity index (χ2n) is 4.18. The number of nitrogens with one attached hydrogen (secondary N) is 1. The van der Waals surface area contributed by atoms with Gasteiger partial charge in [0.1, 0.15) is 5.82 Å². The molecule has 18 heavy (non-hydrogen) atoms. The Morgan fingerprint density at radius 3 is 2.78 bits per heavy atom. The van der Waals surface area contributed by atoms with Crippen LogP contribution < -0.4 is 5.32 Å². The highest BCUT2D eigenvalue weighted by Crippen LogP contribution is 2.24. The summed E-state index contributed by atoms with van der Waals surface area (Å²) < 4.78 is 13.7. The lowest BCUT2D eigenvalue weighted by Crippen LogP contribution is -2.08. The number of rotatable bonds is 3. The molecule has 0 fully saturated rings. The molecule has 1 aromatic heterocycles. The molecule has 0 radical (unpaired) electrons. The summed E-state index contributed by atoms with van der Waals surface area (Å²) in [6.45, 7) is 3.99. The first-order valence-electron chi connectivity index (χ1n) is 5.71. The van der Waals surface area contributed by atoms with Crippen molar-refractivity contribution < 1.29 is 4.39 Å². The van der Waals surface area contributed by atoms with E-state index in [1.54, 1.807) is 18.3 Å². The maximum Gasteiger partial charge on any atom is 0.137 e. The molecule has 94 valence electrons. The minimum Gasteiger partial charge on any atom is -0.377 e. The Hall–Kier alpha value is -1.42. The Bertz CT molecular complexity index is 557. The molecule has 0 aliphatic carbocycles. The third-order valence-corrected chi connectivity index (χ3v) is 3.43. The molecule has 1 aromatic carbocycles. The number of halogens is 2. The lowest BCUT2D eigenvalue weighted by molar-refractivity contribution is 0.619. The van der Waals surface area contributed by atoms with E-state index in [0.29, 0.717) is 4.47 Å². The molecule has 0 bridgehead atoms. The van der Waals surface area contributed by atoms with Crippen LogP contribution in [0.4, 0.5) is 10.1 Å². The maximum atomic E-state index is 13.2. The summed E-state index contributed by atoms with van der Waals surface area (Å²) in [5.74, 6) is -0.247. The molecule has 1 unspecified atom stereocenters. The van der Waals surface area contributed by atoms with E-state index in [1.165, 1.54) is 6.07 Å². The van der Waals surface area contributed by atoms with Crippen molar-refractivity contribution in [3.8, 4) is 0 Å². The van der Waals surface area contributed by atoms with Crippen LogP contribution in [-0.4, -0.2) is 4.98 Å². The van der Waals surface area contributed by atoms with E-state index in [4.69, 9.17) is 0 Å². The Morgan fingerprint density at radius 1 is 1.33 bits per heavy atom. The first kappa shape index (κ1) is 13.0. The summed E-state index contributed by atoms with van der Waals surface area (Å²) in [4.78, 5) is 4.23. The highest BCUT2D eigenvalue weighted by molar-refractivity contribution is 9.10. The van der Waals surface area contributed by atoms with E-state index in [1.807, 2.05) is 26.0 Å². The van der Waals surface area contributed by atoms with Crippen molar-refractivity contribution in [1.29, 1.82) is 0 Å². The van der Waals surface area contributed by atoms with E-state index in [0.717, 1.165) is 16.9 Å². The molecule has 0 aliphatic rings. The molecular formula is C14H14BrFN2. The topological polar surface area (TPSA) is 24.9 Å². The van der Waals surface area contributed by atoms with Gasteiger partial charge in [0.05, 0.1) is 15.9 Å². The van der Waals surface area contributed by atoms with Gasteiger partial charge in [-0.2, -0.15) is 0 Å². The molecule has 1 atom stereocenters. The summed E-state index contributed by atoms with van der Waals surface area (Å²) in [6, 6.07) is 9.00. The largest absolute Gasteiger partial charge is 0.377 e. The minimum absolute atomic E-state index is 0.0878. The summed E-state index contributed by atoms with van der Waals surface area (Å²) >= 11 is 3.20. The lowest BCUT2D eigenvalue weighted by Gasteiger charge is -2.17. The van der Waals surface area contributed by atoms with Gasteiger partial charge in [-0.3, -0.25) is 4.98 Å². The molecule has 0 spiro atoms. The van der Waals surface area contributed by atoms with Crippen molar-refractivity contribution in [2.45, 2.75) is 19.9 Å². The fourth-order valence-electron chi connectivity index (χ4n) is 1.74. The van der Waals surface area contributed by atoms with Gasteiger partial charge in [0.2, 0.25) is 0 Å². The van der Waals surface area contributed by atoms with Crippen LogP contribution in [-0.2, 0) is 0 Å². The first-order valence-corrected chi connectivity index (χ1v) is 6.50.